The third kappa shape index (κ3) is 11.3. The summed E-state index contributed by atoms with van der Waals surface area (Å²) in [7, 11) is 0. The van der Waals surface area contributed by atoms with Crippen molar-refractivity contribution in [1.29, 1.82) is 0 Å². The zero-order valence-electron chi connectivity index (χ0n) is 26.1. The van der Waals surface area contributed by atoms with Crippen molar-refractivity contribution >= 4 is 11.5 Å². The summed E-state index contributed by atoms with van der Waals surface area (Å²) in [6, 6.07) is 17.9. The molecule has 0 atom stereocenters. The minimum Gasteiger partial charge on any atom is -0.457 e. The molecule has 0 amide bonds. The van der Waals surface area contributed by atoms with Crippen molar-refractivity contribution in [3.63, 3.8) is 0 Å². The van der Waals surface area contributed by atoms with E-state index >= 15 is 0 Å². The molecule has 0 aliphatic heterocycles. The molecule has 0 aliphatic carbocycles. The zero-order chi connectivity index (χ0) is 31.9. The predicted molar refractivity (Wildman–Crippen MR) is 177 cm³/mol. The lowest BCUT2D eigenvalue weighted by molar-refractivity contribution is -0.117. The monoisotopic (exact) mass is 613 g/mol. The number of hydrogen-bond donors (Lipinski definition) is 3. The minimum atomic E-state index is -0.349. The molecule has 0 saturated carbocycles. The maximum Gasteiger partial charge on any atom is 0.141 e. The van der Waals surface area contributed by atoms with Gasteiger partial charge in [-0.1, -0.05) is 36.4 Å². The molecular weight excluding hydrogens is 569 g/mol. The first-order valence-electron chi connectivity index (χ1n) is 15.7. The Hall–Kier alpha value is -4.27. The number of H-pyrrole nitrogens is 1. The number of ketones is 1. The summed E-state index contributed by atoms with van der Waals surface area (Å²) >= 11 is 0. The SMILES string of the molecule is C=C(NCCCCCOCCCCCO)c1c[nH]c(-c2cc(Oc3ccc(CC(=O)Cc4cc(C)ccc4F)cc3)ccn2)c1. The van der Waals surface area contributed by atoms with E-state index in [0.717, 1.165) is 92.1 Å². The normalized spacial score (nSPS) is 11.0. The summed E-state index contributed by atoms with van der Waals surface area (Å²) in [5.41, 5.74) is 5.63. The molecule has 0 unspecified atom stereocenters. The summed E-state index contributed by atoms with van der Waals surface area (Å²) in [6.45, 7) is 8.72. The van der Waals surface area contributed by atoms with Gasteiger partial charge < -0.3 is 24.9 Å². The number of aliphatic hydroxyl groups excluding tert-OH is 1. The van der Waals surface area contributed by atoms with Crippen LogP contribution in [0.5, 0.6) is 11.5 Å². The van der Waals surface area contributed by atoms with Gasteiger partial charge in [-0.3, -0.25) is 9.78 Å². The maximum atomic E-state index is 14.0. The van der Waals surface area contributed by atoms with E-state index in [1.165, 1.54) is 6.07 Å². The van der Waals surface area contributed by atoms with Crippen LogP contribution < -0.4 is 10.1 Å². The number of carbonyl (C=O) groups is 1. The van der Waals surface area contributed by atoms with Gasteiger partial charge in [0.1, 0.15) is 23.1 Å². The number of nitrogens with zero attached hydrogens (tertiary/aromatic N) is 1. The molecule has 0 radical (unpaired) electrons. The number of aromatic nitrogens is 2. The summed E-state index contributed by atoms with van der Waals surface area (Å²) < 4.78 is 25.7. The zero-order valence-corrected chi connectivity index (χ0v) is 26.1. The lowest BCUT2D eigenvalue weighted by atomic mass is 10.0. The lowest BCUT2D eigenvalue weighted by Crippen LogP contribution is -2.12. The van der Waals surface area contributed by atoms with E-state index in [4.69, 9.17) is 14.6 Å². The number of benzene rings is 2. The Labute approximate surface area is 265 Å². The first-order chi connectivity index (χ1) is 21.9. The fourth-order valence-electron chi connectivity index (χ4n) is 4.93. The van der Waals surface area contributed by atoms with Crippen LogP contribution in [-0.2, 0) is 22.4 Å². The molecule has 0 fully saturated rings. The van der Waals surface area contributed by atoms with Gasteiger partial charge in [-0.25, -0.2) is 4.39 Å². The third-order valence-corrected chi connectivity index (χ3v) is 7.44. The van der Waals surface area contributed by atoms with Gasteiger partial charge in [0, 0.05) is 68.9 Å². The average molecular weight is 614 g/mol. The van der Waals surface area contributed by atoms with Crippen molar-refractivity contribution in [3.8, 4) is 22.9 Å². The van der Waals surface area contributed by atoms with Crippen LogP contribution in [0.15, 0.2) is 79.6 Å². The second kappa shape index (κ2) is 17.9. The van der Waals surface area contributed by atoms with Gasteiger partial charge in [0.2, 0.25) is 0 Å². The van der Waals surface area contributed by atoms with E-state index < -0.39 is 0 Å². The number of rotatable bonds is 20. The number of aryl methyl sites for hydroxylation is 1. The van der Waals surface area contributed by atoms with E-state index in [1.807, 2.05) is 49.5 Å². The molecule has 3 N–H and O–H groups in total. The topological polar surface area (TPSA) is 96.5 Å². The van der Waals surface area contributed by atoms with Gasteiger partial charge in [0.25, 0.3) is 0 Å². The molecule has 2 aromatic carbocycles. The van der Waals surface area contributed by atoms with E-state index in [1.54, 1.807) is 24.4 Å². The summed E-state index contributed by atoms with van der Waals surface area (Å²) in [5.74, 6) is 0.888. The number of Topliss-reactive ketones (excluding diaryl/α,β-unsaturated/α-hetero) is 1. The van der Waals surface area contributed by atoms with Crippen molar-refractivity contribution in [2.24, 2.45) is 0 Å². The first kappa shape index (κ1) is 33.6. The van der Waals surface area contributed by atoms with Gasteiger partial charge in [-0.05, 0) is 86.9 Å². The number of aliphatic hydroxyl groups is 1. The van der Waals surface area contributed by atoms with Crippen LogP contribution in [-0.4, -0.2) is 47.2 Å². The van der Waals surface area contributed by atoms with E-state index in [-0.39, 0.29) is 31.0 Å². The smallest absolute Gasteiger partial charge is 0.141 e. The summed E-state index contributed by atoms with van der Waals surface area (Å²) in [5, 5.41) is 12.2. The standard InChI is InChI=1S/C37H44FN3O4/c1-27-9-14-35(38)30(21-27)23-32(43)22-29-10-12-33(13-11-29)45-34-15-17-40-37(25-34)36-24-31(26-41-36)28(2)39-16-5-3-7-19-44-20-8-4-6-18-42/h9-15,17,21,24-26,39,41-42H,2-8,16,18-20,22-23H2,1H3. The maximum absolute atomic E-state index is 14.0. The van der Waals surface area contributed by atoms with Gasteiger partial charge in [0.15, 0.2) is 0 Å². The second-order valence-electron chi connectivity index (χ2n) is 11.3. The van der Waals surface area contributed by atoms with Crippen LogP contribution in [0.4, 0.5) is 4.39 Å². The predicted octanol–water partition coefficient (Wildman–Crippen LogP) is 7.58. The number of ether oxygens (including phenoxy) is 2. The molecular formula is C37H44FN3O4. The lowest BCUT2D eigenvalue weighted by Gasteiger charge is -2.09. The molecule has 4 aromatic rings. The number of pyridine rings is 1. The molecule has 2 heterocycles. The molecule has 45 heavy (non-hydrogen) atoms. The van der Waals surface area contributed by atoms with Crippen LogP contribution in [0.1, 0.15) is 60.8 Å². The highest BCUT2D eigenvalue weighted by atomic mass is 19.1. The van der Waals surface area contributed by atoms with Gasteiger partial charge >= 0.3 is 0 Å². The Morgan fingerprint density at radius 3 is 2.49 bits per heavy atom. The van der Waals surface area contributed by atoms with Gasteiger partial charge in [-0.2, -0.15) is 0 Å². The number of aromatic amines is 1. The molecule has 7 nitrogen and oxygen atoms in total. The number of unbranched alkanes of at least 4 members (excludes halogenated alkanes) is 4. The second-order valence-corrected chi connectivity index (χ2v) is 11.3. The number of nitrogens with one attached hydrogen (secondary N) is 2. The quantitative estimate of drug-likeness (QED) is 0.0890. The molecule has 8 heteroatoms. The Morgan fingerprint density at radius 1 is 0.933 bits per heavy atom. The van der Waals surface area contributed by atoms with Crippen LogP contribution in [0.3, 0.4) is 0 Å². The molecule has 238 valence electrons. The van der Waals surface area contributed by atoms with Gasteiger partial charge in [-0.15, -0.1) is 0 Å². The Kier molecular flexibility index (Phi) is 13.4. The molecule has 0 spiro atoms. The van der Waals surface area contributed by atoms with Crippen LogP contribution in [0, 0.1) is 12.7 Å². The average Bonchev–Trinajstić information content (AvgIpc) is 3.53. The fraction of sp³-hybridized carbons (Fsp3) is 0.351. The largest absolute Gasteiger partial charge is 0.457 e. The first-order valence-corrected chi connectivity index (χ1v) is 15.7. The van der Waals surface area contributed by atoms with Crippen molar-refractivity contribution in [2.45, 2.75) is 58.3 Å². The highest BCUT2D eigenvalue weighted by Gasteiger charge is 2.11. The highest BCUT2D eigenvalue weighted by molar-refractivity contribution is 5.83. The van der Waals surface area contributed by atoms with Crippen molar-refractivity contribution in [3.05, 3.63) is 108 Å². The number of carbonyl (C=O) groups excluding carboxylic acids is 1. The Balaban J connectivity index is 1.20. The Bertz CT molecular complexity index is 1520. The van der Waals surface area contributed by atoms with Crippen molar-refractivity contribution in [2.75, 3.05) is 26.4 Å². The number of hydrogen-bond acceptors (Lipinski definition) is 6. The van der Waals surface area contributed by atoms with E-state index in [0.29, 0.717) is 17.1 Å². The third-order valence-electron chi connectivity index (χ3n) is 7.44. The fourth-order valence-corrected chi connectivity index (χ4v) is 4.93. The van der Waals surface area contributed by atoms with Crippen LogP contribution in [0.2, 0.25) is 0 Å². The highest BCUT2D eigenvalue weighted by Crippen LogP contribution is 2.27. The summed E-state index contributed by atoms with van der Waals surface area (Å²) in [6.07, 6.45) is 9.94. The van der Waals surface area contributed by atoms with Crippen molar-refractivity contribution in [1.82, 2.24) is 15.3 Å². The van der Waals surface area contributed by atoms with E-state index in [9.17, 15) is 9.18 Å². The molecule has 0 aliphatic rings. The van der Waals surface area contributed by atoms with Crippen LogP contribution in [0.25, 0.3) is 17.1 Å². The van der Waals surface area contributed by atoms with Crippen molar-refractivity contribution < 1.29 is 23.8 Å². The molecule has 0 bridgehead atoms. The minimum absolute atomic E-state index is 0.0434. The molecule has 2 aromatic heterocycles. The molecule has 4 rings (SSSR count). The van der Waals surface area contributed by atoms with E-state index in [2.05, 4.69) is 21.9 Å². The number of halogens is 1. The summed E-state index contributed by atoms with van der Waals surface area (Å²) in [4.78, 5) is 20.3. The van der Waals surface area contributed by atoms with Gasteiger partial charge in [0.05, 0.1) is 11.4 Å². The molecule has 0 saturated heterocycles. The Morgan fingerprint density at radius 2 is 1.71 bits per heavy atom. The van der Waals surface area contributed by atoms with Crippen LogP contribution >= 0.6 is 0 Å².